The molecule has 0 bridgehead atoms. The van der Waals surface area contributed by atoms with Crippen LogP contribution in [0.1, 0.15) is 25.7 Å². The molecule has 1 aromatic carbocycles. The van der Waals surface area contributed by atoms with Crippen LogP contribution in [0.2, 0.25) is 0 Å². The summed E-state index contributed by atoms with van der Waals surface area (Å²) in [5.74, 6) is 6.13. The molecule has 0 aliphatic carbocycles. The molecule has 0 fully saturated rings. The topological polar surface area (TPSA) is 115 Å². The number of hydrazine groups is 1. The number of carbonyl (C=O) groups is 2. The van der Waals surface area contributed by atoms with Crippen molar-refractivity contribution in [1.82, 2.24) is 10.7 Å². The Morgan fingerprint density at radius 3 is 2.65 bits per heavy atom. The van der Waals surface area contributed by atoms with Crippen LogP contribution in [0, 0.1) is 0 Å². The van der Waals surface area contributed by atoms with Crippen LogP contribution < -0.4 is 31.4 Å². The molecule has 3 amide bonds. The van der Waals surface area contributed by atoms with Gasteiger partial charge in [0.05, 0.1) is 0 Å². The number of unbranched alkanes of at least 4 members (excludes halogenated alkanes) is 2. The predicted octanol–water partition coefficient (Wildman–Crippen LogP) is 1.13. The molecule has 0 unspecified atom stereocenters. The Morgan fingerprint density at radius 1 is 1.09 bits per heavy atom. The monoisotopic (exact) mass is 322 g/mol. The second-order valence-corrected chi connectivity index (χ2v) is 5.12. The number of fused-ring (bicyclic) bond motifs is 1. The first kappa shape index (κ1) is 16.9. The second kappa shape index (κ2) is 8.84. The molecule has 0 radical (unpaired) electrons. The van der Waals surface area contributed by atoms with E-state index in [0.29, 0.717) is 43.4 Å². The van der Waals surface area contributed by atoms with E-state index in [9.17, 15) is 9.59 Å². The molecule has 8 heteroatoms. The van der Waals surface area contributed by atoms with Crippen molar-refractivity contribution < 1.29 is 19.1 Å². The van der Waals surface area contributed by atoms with Crippen molar-refractivity contribution in [3.8, 4) is 11.5 Å². The van der Waals surface area contributed by atoms with Crippen LogP contribution in [0.3, 0.4) is 0 Å². The van der Waals surface area contributed by atoms with Gasteiger partial charge < -0.3 is 20.1 Å². The number of hydrogen-bond acceptors (Lipinski definition) is 5. The first-order chi connectivity index (χ1) is 11.2. The summed E-state index contributed by atoms with van der Waals surface area (Å²) in [7, 11) is 0. The van der Waals surface area contributed by atoms with Crippen LogP contribution in [0.25, 0.3) is 0 Å². The summed E-state index contributed by atoms with van der Waals surface area (Å²) in [4.78, 5) is 22.7. The summed E-state index contributed by atoms with van der Waals surface area (Å²) < 4.78 is 10.9. The van der Waals surface area contributed by atoms with Gasteiger partial charge in [-0.2, -0.15) is 0 Å². The summed E-state index contributed by atoms with van der Waals surface area (Å²) in [5, 5.41) is 5.51. The highest BCUT2D eigenvalue weighted by molar-refractivity contribution is 5.89. The first-order valence-electron chi connectivity index (χ1n) is 7.63. The predicted molar refractivity (Wildman–Crippen MR) is 85.3 cm³/mol. The molecular formula is C15H22N4O4. The molecule has 0 saturated heterocycles. The standard InChI is InChI=1S/C15H22N4O4/c16-19-14(20)4-2-1-3-7-17-15(21)18-11-5-6-12-13(10-11)23-9-8-22-12/h5-6,10H,1-4,7-9,16H2,(H,19,20)(H2,17,18,21). The van der Waals surface area contributed by atoms with Gasteiger partial charge in [-0.25, -0.2) is 10.6 Å². The third-order valence-corrected chi connectivity index (χ3v) is 3.33. The number of nitrogens with one attached hydrogen (secondary N) is 3. The maximum Gasteiger partial charge on any atom is 0.319 e. The molecule has 0 atom stereocenters. The lowest BCUT2D eigenvalue weighted by atomic mass is 10.2. The van der Waals surface area contributed by atoms with E-state index >= 15 is 0 Å². The van der Waals surface area contributed by atoms with Gasteiger partial charge in [-0.15, -0.1) is 0 Å². The third kappa shape index (κ3) is 5.67. The van der Waals surface area contributed by atoms with Crippen molar-refractivity contribution in [1.29, 1.82) is 0 Å². The fourth-order valence-corrected chi connectivity index (χ4v) is 2.16. The molecular weight excluding hydrogens is 300 g/mol. The molecule has 5 N–H and O–H groups in total. The van der Waals surface area contributed by atoms with Gasteiger partial charge in [0, 0.05) is 24.7 Å². The van der Waals surface area contributed by atoms with E-state index in [1.165, 1.54) is 0 Å². The molecule has 2 rings (SSSR count). The molecule has 1 aliphatic heterocycles. The maximum atomic E-state index is 11.8. The van der Waals surface area contributed by atoms with Gasteiger partial charge in [-0.05, 0) is 25.0 Å². The Morgan fingerprint density at radius 2 is 1.87 bits per heavy atom. The van der Waals surface area contributed by atoms with E-state index in [4.69, 9.17) is 15.3 Å². The fourth-order valence-electron chi connectivity index (χ4n) is 2.16. The Hall–Kier alpha value is -2.48. The van der Waals surface area contributed by atoms with Gasteiger partial charge in [-0.3, -0.25) is 10.2 Å². The van der Waals surface area contributed by atoms with Gasteiger partial charge in [0.1, 0.15) is 13.2 Å². The summed E-state index contributed by atoms with van der Waals surface area (Å²) in [6.07, 6.45) is 2.79. The van der Waals surface area contributed by atoms with Gasteiger partial charge in [0.25, 0.3) is 0 Å². The van der Waals surface area contributed by atoms with E-state index in [1.807, 2.05) is 0 Å². The molecule has 1 aliphatic rings. The summed E-state index contributed by atoms with van der Waals surface area (Å²) >= 11 is 0. The largest absolute Gasteiger partial charge is 0.486 e. The maximum absolute atomic E-state index is 11.8. The summed E-state index contributed by atoms with van der Waals surface area (Å²) in [6, 6.07) is 4.99. The van der Waals surface area contributed by atoms with Crippen molar-refractivity contribution in [3.63, 3.8) is 0 Å². The van der Waals surface area contributed by atoms with Crippen molar-refractivity contribution >= 4 is 17.6 Å². The van der Waals surface area contributed by atoms with E-state index in [1.54, 1.807) is 18.2 Å². The minimum absolute atomic E-state index is 0.172. The summed E-state index contributed by atoms with van der Waals surface area (Å²) in [6.45, 7) is 1.58. The lowest BCUT2D eigenvalue weighted by molar-refractivity contribution is -0.121. The average Bonchev–Trinajstić information content (AvgIpc) is 2.57. The number of ether oxygens (including phenoxy) is 2. The Bertz CT molecular complexity index is 550. The quantitative estimate of drug-likeness (QED) is 0.260. The van der Waals surface area contributed by atoms with Gasteiger partial charge >= 0.3 is 6.03 Å². The molecule has 0 aromatic heterocycles. The van der Waals surface area contributed by atoms with Crippen LogP contribution in [0.5, 0.6) is 11.5 Å². The van der Waals surface area contributed by atoms with E-state index in [2.05, 4.69) is 16.1 Å². The van der Waals surface area contributed by atoms with Gasteiger partial charge in [0.2, 0.25) is 5.91 Å². The van der Waals surface area contributed by atoms with Crippen LogP contribution in [0.4, 0.5) is 10.5 Å². The lowest BCUT2D eigenvalue weighted by Gasteiger charge is -2.19. The molecule has 8 nitrogen and oxygen atoms in total. The highest BCUT2D eigenvalue weighted by Crippen LogP contribution is 2.32. The SMILES string of the molecule is NNC(=O)CCCCCNC(=O)Nc1ccc2c(c1)OCCO2. The molecule has 126 valence electrons. The average molecular weight is 322 g/mol. The minimum atomic E-state index is -0.277. The van der Waals surface area contributed by atoms with Gasteiger partial charge in [-0.1, -0.05) is 6.42 Å². The smallest absolute Gasteiger partial charge is 0.319 e. The van der Waals surface area contributed by atoms with Crippen LogP contribution in [-0.2, 0) is 4.79 Å². The number of hydrogen-bond donors (Lipinski definition) is 4. The van der Waals surface area contributed by atoms with Crippen molar-refractivity contribution in [3.05, 3.63) is 18.2 Å². The number of urea groups is 1. The normalized spacial score (nSPS) is 12.4. The highest BCUT2D eigenvalue weighted by atomic mass is 16.6. The zero-order chi connectivity index (χ0) is 16.5. The minimum Gasteiger partial charge on any atom is -0.486 e. The first-order valence-corrected chi connectivity index (χ1v) is 7.63. The third-order valence-electron chi connectivity index (χ3n) is 3.33. The Balaban J connectivity index is 1.64. The number of nitrogens with two attached hydrogens (primary N) is 1. The number of rotatable bonds is 7. The van der Waals surface area contributed by atoms with Crippen LogP contribution in [0.15, 0.2) is 18.2 Å². The number of benzene rings is 1. The molecule has 0 saturated carbocycles. The molecule has 1 aromatic rings. The van der Waals surface area contributed by atoms with Crippen LogP contribution >= 0.6 is 0 Å². The molecule has 1 heterocycles. The number of anilines is 1. The summed E-state index contributed by atoms with van der Waals surface area (Å²) in [5.41, 5.74) is 2.73. The second-order valence-electron chi connectivity index (χ2n) is 5.12. The zero-order valence-electron chi connectivity index (χ0n) is 12.9. The van der Waals surface area contributed by atoms with E-state index in [0.717, 1.165) is 19.3 Å². The Kier molecular flexibility index (Phi) is 6.49. The lowest BCUT2D eigenvalue weighted by Crippen LogP contribution is -2.30. The van der Waals surface area contributed by atoms with E-state index < -0.39 is 0 Å². The van der Waals surface area contributed by atoms with Crippen molar-refractivity contribution in [2.45, 2.75) is 25.7 Å². The number of carbonyl (C=O) groups excluding carboxylic acids is 2. The van der Waals surface area contributed by atoms with E-state index in [-0.39, 0.29) is 11.9 Å². The fraction of sp³-hybridized carbons (Fsp3) is 0.467. The number of amides is 3. The zero-order valence-corrected chi connectivity index (χ0v) is 12.9. The molecule has 0 spiro atoms. The van der Waals surface area contributed by atoms with Gasteiger partial charge in [0.15, 0.2) is 11.5 Å². The Labute approximate surface area is 134 Å². The van der Waals surface area contributed by atoms with Crippen LogP contribution in [-0.4, -0.2) is 31.7 Å². The highest BCUT2D eigenvalue weighted by Gasteiger charge is 2.12. The van der Waals surface area contributed by atoms with Crippen molar-refractivity contribution in [2.75, 3.05) is 25.1 Å². The molecule has 23 heavy (non-hydrogen) atoms. The van der Waals surface area contributed by atoms with Crippen molar-refractivity contribution in [2.24, 2.45) is 5.84 Å².